The molecule has 0 saturated carbocycles. The second kappa shape index (κ2) is 6.19. The molecule has 1 aromatic carbocycles. The molecule has 4 rings (SSSR count). The van der Waals surface area contributed by atoms with Gasteiger partial charge in [0.05, 0.1) is 11.1 Å². The summed E-state index contributed by atoms with van der Waals surface area (Å²) in [5.41, 5.74) is 2.01. The van der Waals surface area contributed by atoms with E-state index < -0.39 is 0 Å². The quantitative estimate of drug-likeness (QED) is 0.502. The van der Waals surface area contributed by atoms with Gasteiger partial charge in [0, 0.05) is 23.0 Å². The first-order valence-corrected chi connectivity index (χ1v) is 10.1. The lowest BCUT2D eigenvalue weighted by Crippen LogP contribution is -2.27. The van der Waals surface area contributed by atoms with Crippen molar-refractivity contribution in [3.8, 4) is 5.69 Å². The number of rotatable bonds is 2. The molecular formula is C17H16ClN3OS2. The highest BCUT2D eigenvalue weighted by atomic mass is 35.5. The summed E-state index contributed by atoms with van der Waals surface area (Å²) in [5.74, 6) is 0. The minimum Gasteiger partial charge on any atom is -0.301 e. The molecule has 0 atom stereocenters. The van der Waals surface area contributed by atoms with Gasteiger partial charge in [-0.15, -0.1) is 11.3 Å². The fourth-order valence-electron chi connectivity index (χ4n) is 3.11. The van der Waals surface area contributed by atoms with Crippen molar-refractivity contribution < 1.29 is 0 Å². The zero-order valence-electron chi connectivity index (χ0n) is 13.4. The lowest BCUT2D eigenvalue weighted by molar-refractivity contribution is 0.318. The monoisotopic (exact) mass is 377 g/mol. The van der Waals surface area contributed by atoms with Crippen LogP contribution in [0.2, 0.25) is 5.02 Å². The van der Waals surface area contributed by atoms with Crippen LogP contribution in [-0.2, 0) is 13.0 Å². The largest absolute Gasteiger partial charge is 0.301 e. The van der Waals surface area contributed by atoms with E-state index >= 15 is 0 Å². The van der Waals surface area contributed by atoms with Crippen LogP contribution in [-0.4, -0.2) is 34.3 Å². The number of benzene rings is 1. The molecular weight excluding hydrogens is 362 g/mol. The molecule has 0 radical (unpaired) electrons. The van der Waals surface area contributed by atoms with E-state index in [1.807, 2.05) is 18.4 Å². The summed E-state index contributed by atoms with van der Waals surface area (Å²) in [5, 5.41) is 2.15. The molecule has 0 bridgehead atoms. The molecule has 0 fully saturated rings. The van der Waals surface area contributed by atoms with Gasteiger partial charge in [-0.25, -0.2) is 4.98 Å². The standard InChI is InChI=1S/C17H16ClN3OS2/c1-20-8-7-12-13(9-20)24-15-14(12)16(22)21(17(19-15)23-2)11-5-3-10(18)4-6-11/h3-6H,7-9H2,1-2H3. The smallest absolute Gasteiger partial charge is 0.267 e. The SMILES string of the molecule is CSc1nc2sc3c(c2c(=O)n1-c1ccc(Cl)cc1)CCN(C)C3. The van der Waals surface area contributed by atoms with Crippen molar-refractivity contribution >= 4 is 44.9 Å². The summed E-state index contributed by atoms with van der Waals surface area (Å²) >= 11 is 9.13. The first-order chi connectivity index (χ1) is 11.6. The molecule has 3 aromatic rings. The molecule has 0 unspecified atom stereocenters. The van der Waals surface area contributed by atoms with Crippen LogP contribution in [0.1, 0.15) is 10.4 Å². The van der Waals surface area contributed by atoms with Gasteiger partial charge in [-0.05, 0) is 49.6 Å². The number of nitrogens with zero attached hydrogens (tertiary/aromatic N) is 3. The van der Waals surface area contributed by atoms with Gasteiger partial charge in [-0.3, -0.25) is 9.36 Å². The Hall–Kier alpha value is -1.34. The highest BCUT2D eigenvalue weighted by Crippen LogP contribution is 2.33. The zero-order chi connectivity index (χ0) is 16.8. The van der Waals surface area contributed by atoms with Crippen molar-refractivity contribution in [2.45, 2.75) is 18.1 Å². The molecule has 0 amide bonds. The maximum Gasteiger partial charge on any atom is 0.267 e. The summed E-state index contributed by atoms with van der Waals surface area (Å²) in [6, 6.07) is 7.33. The molecule has 0 N–H and O–H groups in total. The Balaban J connectivity index is 2.01. The van der Waals surface area contributed by atoms with Crippen LogP contribution in [0.5, 0.6) is 0 Å². The van der Waals surface area contributed by atoms with Crippen LogP contribution in [0.4, 0.5) is 0 Å². The lowest BCUT2D eigenvalue weighted by Gasteiger charge is -2.21. The molecule has 24 heavy (non-hydrogen) atoms. The molecule has 124 valence electrons. The maximum absolute atomic E-state index is 13.3. The molecule has 0 spiro atoms. The van der Waals surface area contributed by atoms with E-state index in [1.54, 1.807) is 28.0 Å². The number of hydrogen-bond donors (Lipinski definition) is 0. The van der Waals surface area contributed by atoms with Crippen LogP contribution < -0.4 is 5.56 Å². The van der Waals surface area contributed by atoms with E-state index in [4.69, 9.17) is 16.6 Å². The van der Waals surface area contributed by atoms with Crippen molar-refractivity contribution in [2.24, 2.45) is 0 Å². The Labute approximate surface area is 153 Å². The fraction of sp³-hybridized carbons (Fsp3) is 0.294. The van der Waals surface area contributed by atoms with E-state index in [1.165, 1.54) is 22.2 Å². The normalized spacial score (nSPS) is 15.0. The number of thiophene rings is 1. The molecule has 7 heteroatoms. The summed E-state index contributed by atoms with van der Waals surface area (Å²) in [6.07, 6.45) is 2.85. The Morgan fingerprint density at radius 3 is 2.75 bits per heavy atom. The van der Waals surface area contributed by atoms with Crippen molar-refractivity contribution in [3.63, 3.8) is 0 Å². The number of likely N-dealkylation sites (N-methyl/N-ethyl adjacent to an activating group) is 1. The van der Waals surface area contributed by atoms with Gasteiger partial charge in [0.2, 0.25) is 0 Å². The summed E-state index contributed by atoms with van der Waals surface area (Å²) in [6.45, 7) is 1.87. The highest BCUT2D eigenvalue weighted by molar-refractivity contribution is 7.98. The van der Waals surface area contributed by atoms with Gasteiger partial charge >= 0.3 is 0 Å². The van der Waals surface area contributed by atoms with Crippen LogP contribution in [0.25, 0.3) is 15.9 Å². The molecule has 1 aliphatic heterocycles. The van der Waals surface area contributed by atoms with E-state index in [9.17, 15) is 4.79 Å². The van der Waals surface area contributed by atoms with Gasteiger partial charge in [0.25, 0.3) is 5.56 Å². The van der Waals surface area contributed by atoms with Crippen LogP contribution >= 0.6 is 34.7 Å². The third kappa shape index (κ3) is 2.58. The van der Waals surface area contributed by atoms with Crippen LogP contribution in [0.3, 0.4) is 0 Å². The van der Waals surface area contributed by atoms with Gasteiger partial charge in [0.1, 0.15) is 4.83 Å². The third-order valence-corrected chi connectivity index (χ3v) is 6.30. The van der Waals surface area contributed by atoms with Crippen molar-refractivity contribution in [1.82, 2.24) is 14.5 Å². The minimum absolute atomic E-state index is 0.0220. The minimum atomic E-state index is 0.0220. The Bertz CT molecular complexity index is 978. The lowest BCUT2D eigenvalue weighted by atomic mass is 10.1. The van der Waals surface area contributed by atoms with Gasteiger partial charge in [-0.2, -0.15) is 0 Å². The predicted molar refractivity (Wildman–Crippen MR) is 102 cm³/mol. The molecule has 3 heterocycles. The summed E-state index contributed by atoms with van der Waals surface area (Å²) in [7, 11) is 2.11. The average Bonchev–Trinajstić information content (AvgIpc) is 2.93. The number of halogens is 1. The molecule has 0 aliphatic carbocycles. The van der Waals surface area contributed by atoms with Crippen molar-refractivity contribution in [3.05, 3.63) is 50.1 Å². The number of hydrogen-bond acceptors (Lipinski definition) is 5. The van der Waals surface area contributed by atoms with Gasteiger partial charge in [0.15, 0.2) is 5.16 Å². The Morgan fingerprint density at radius 1 is 1.29 bits per heavy atom. The zero-order valence-corrected chi connectivity index (χ0v) is 15.8. The third-order valence-electron chi connectivity index (χ3n) is 4.30. The van der Waals surface area contributed by atoms with Gasteiger partial charge < -0.3 is 4.90 Å². The topological polar surface area (TPSA) is 38.1 Å². The van der Waals surface area contributed by atoms with Crippen LogP contribution in [0, 0.1) is 0 Å². The second-order valence-electron chi connectivity index (χ2n) is 5.89. The first-order valence-electron chi connectivity index (χ1n) is 7.64. The predicted octanol–water partition coefficient (Wildman–Crippen LogP) is 3.81. The van der Waals surface area contributed by atoms with Gasteiger partial charge in [-0.1, -0.05) is 23.4 Å². The van der Waals surface area contributed by atoms with E-state index in [0.29, 0.717) is 10.2 Å². The molecule has 0 saturated heterocycles. The van der Waals surface area contributed by atoms with Crippen LogP contribution in [0.15, 0.2) is 34.2 Å². The number of thioether (sulfide) groups is 1. The Morgan fingerprint density at radius 2 is 2.04 bits per heavy atom. The number of fused-ring (bicyclic) bond motifs is 3. The Kier molecular flexibility index (Phi) is 4.16. The van der Waals surface area contributed by atoms with E-state index in [0.717, 1.165) is 35.4 Å². The summed E-state index contributed by atoms with van der Waals surface area (Å²) in [4.78, 5) is 22.5. The number of aromatic nitrogens is 2. The van der Waals surface area contributed by atoms with Crippen molar-refractivity contribution in [1.29, 1.82) is 0 Å². The summed E-state index contributed by atoms with van der Waals surface area (Å²) < 4.78 is 1.70. The molecule has 1 aliphatic rings. The van der Waals surface area contributed by atoms with Crippen molar-refractivity contribution in [2.75, 3.05) is 19.8 Å². The first kappa shape index (κ1) is 16.1. The van der Waals surface area contributed by atoms with E-state index in [2.05, 4.69) is 11.9 Å². The average molecular weight is 378 g/mol. The highest BCUT2D eigenvalue weighted by Gasteiger charge is 2.24. The maximum atomic E-state index is 13.3. The molecule has 2 aromatic heterocycles. The second-order valence-corrected chi connectivity index (χ2v) is 8.18. The molecule has 4 nitrogen and oxygen atoms in total. The van der Waals surface area contributed by atoms with E-state index in [-0.39, 0.29) is 5.56 Å². The fourth-order valence-corrected chi connectivity index (χ4v) is 5.13.